The summed E-state index contributed by atoms with van der Waals surface area (Å²) >= 11 is 0. The number of piperidine rings is 2. The van der Waals surface area contributed by atoms with Crippen molar-refractivity contribution in [3.63, 3.8) is 0 Å². The van der Waals surface area contributed by atoms with Gasteiger partial charge < -0.3 is 9.64 Å². The van der Waals surface area contributed by atoms with E-state index >= 15 is 0 Å². The second kappa shape index (κ2) is 11.9. The minimum absolute atomic E-state index is 0.134. The van der Waals surface area contributed by atoms with Crippen molar-refractivity contribution < 1.29 is 31.1 Å². The lowest BCUT2D eigenvalue weighted by molar-refractivity contribution is -0.138. The van der Waals surface area contributed by atoms with Crippen LogP contribution in [0.5, 0.6) is 5.75 Å². The molecule has 7 nitrogen and oxygen atoms in total. The van der Waals surface area contributed by atoms with E-state index < -0.39 is 31.3 Å². The van der Waals surface area contributed by atoms with E-state index in [9.17, 15) is 26.4 Å². The first-order valence-electron chi connectivity index (χ1n) is 14.4. The maximum Gasteiger partial charge on any atom is 0.416 e. The third-order valence-corrected chi connectivity index (χ3v) is 11.1. The fourth-order valence-electron chi connectivity index (χ4n) is 6.31. The number of halogens is 3. The summed E-state index contributed by atoms with van der Waals surface area (Å²) in [6, 6.07) is 9.58. The highest BCUT2D eigenvalue weighted by molar-refractivity contribution is 7.92. The number of benzene rings is 2. The van der Waals surface area contributed by atoms with Gasteiger partial charge in [0.05, 0.1) is 29.5 Å². The van der Waals surface area contributed by atoms with E-state index in [1.807, 2.05) is 12.1 Å². The summed E-state index contributed by atoms with van der Waals surface area (Å²) in [6.07, 6.45) is 0.576. The van der Waals surface area contributed by atoms with E-state index in [1.54, 1.807) is 11.9 Å². The number of rotatable bonds is 7. The molecule has 2 aromatic rings. The van der Waals surface area contributed by atoms with Gasteiger partial charge in [0.2, 0.25) is 5.91 Å². The van der Waals surface area contributed by atoms with E-state index in [2.05, 4.69) is 16.3 Å². The maximum atomic E-state index is 13.9. The number of likely N-dealkylation sites (tertiary alicyclic amines) is 1. The van der Waals surface area contributed by atoms with Crippen LogP contribution < -0.4 is 10.1 Å². The molecule has 0 saturated carbocycles. The van der Waals surface area contributed by atoms with Crippen molar-refractivity contribution in [2.24, 2.45) is 0 Å². The normalized spacial score (nSPS) is 23.9. The quantitative estimate of drug-likeness (QED) is 0.469. The fraction of sp³-hybridized carbons (Fsp3) is 0.567. The van der Waals surface area contributed by atoms with Gasteiger partial charge in [-0.2, -0.15) is 13.2 Å². The number of hydrogen-bond acceptors (Lipinski definition) is 6. The number of nitrogens with zero attached hydrogens (tertiary/aromatic N) is 2. The Morgan fingerprint density at radius 2 is 1.88 bits per heavy atom. The number of amides is 1. The third-order valence-electron chi connectivity index (χ3n) is 8.68. The molecule has 2 fully saturated rings. The Bertz CT molecular complexity index is 1350. The SMILES string of the molecule is CN(C(=O)C[C@@]1(S(=O)(=O)c2cccc(C(F)(F)F)c2)CCCCN1)[C@@H]1CCOc2cc(CN3CCCCC3)ccc21. The molecule has 0 spiro atoms. The highest BCUT2D eigenvalue weighted by Crippen LogP contribution is 2.40. The molecule has 224 valence electrons. The van der Waals surface area contributed by atoms with Crippen LogP contribution in [0, 0.1) is 0 Å². The van der Waals surface area contributed by atoms with Crippen LogP contribution in [0.2, 0.25) is 0 Å². The van der Waals surface area contributed by atoms with Gasteiger partial charge in [0.1, 0.15) is 10.6 Å². The maximum absolute atomic E-state index is 13.9. The highest BCUT2D eigenvalue weighted by Gasteiger charge is 2.48. The number of hydrogen-bond donors (Lipinski definition) is 1. The van der Waals surface area contributed by atoms with Crippen molar-refractivity contribution in [1.82, 2.24) is 15.1 Å². The Labute approximate surface area is 240 Å². The second-order valence-corrected chi connectivity index (χ2v) is 13.7. The van der Waals surface area contributed by atoms with Gasteiger partial charge in [0, 0.05) is 25.6 Å². The van der Waals surface area contributed by atoms with Gasteiger partial charge in [-0.15, -0.1) is 0 Å². The lowest BCUT2D eigenvalue weighted by Gasteiger charge is -2.40. The summed E-state index contributed by atoms with van der Waals surface area (Å²) < 4.78 is 74.0. The minimum atomic E-state index is -4.68. The first-order valence-corrected chi connectivity index (χ1v) is 15.9. The van der Waals surface area contributed by atoms with Gasteiger partial charge >= 0.3 is 6.18 Å². The predicted molar refractivity (Wildman–Crippen MR) is 149 cm³/mol. The number of ether oxygens (including phenoxy) is 1. The van der Waals surface area contributed by atoms with Crippen LogP contribution in [0.15, 0.2) is 47.4 Å². The topological polar surface area (TPSA) is 79.0 Å². The molecule has 11 heteroatoms. The molecule has 0 bridgehead atoms. The molecule has 2 saturated heterocycles. The van der Waals surface area contributed by atoms with Crippen molar-refractivity contribution in [3.05, 3.63) is 59.2 Å². The van der Waals surface area contributed by atoms with Gasteiger partial charge in [-0.1, -0.05) is 24.6 Å². The molecule has 0 aromatic heterocycles. The van der Waals surface area contributed by atoms with Gasteiger partial charge in [0.25, 0.3) is 0 Å². The molecule has 0 radical (unpaired) electrons. The summed E-state index contributed by atoms with van der Waals surface area (Å²) in [4.78, 5) is 15.6. The van der Waals surface area contributed by atoms with Crippen molar-refractivity contribution in [3.8, 4) is 5.75 Å². The zero-order chi connectivity index (χ0) is 29.3. The van der Waals surface area contributed by atoms with Crippen molar-refractivity contribution in [2.45, 2.75) is 79.9 Å². The number of carbonyl (C=O) groups is 1. The first-order chi connectivity index (χ1) is 19.5. The van der Waals surface area contributed by atoms with Gasteiger partial charge in [-0.05, 0) is 81.6 Å². The van der Waals surface area contributed by atoms with Crippen molar-refractivity contribution >= 4 is 15.7 Å². The number of fused-ring (bicyclic) bond motifs is 1. The van der Waals surface area contributed by atoms with Gasteiger partial charge in [-0.3, -0.25) is 15.0 Å². The number of carbonyl (C=O) groups excluding carboxylic acids is 1. The van der Waals surface area contributed by atoms with Crippen LogP contribution in [0.25, 0.3) is 0 Å². The van der Waals surface area contributed by atoms with Crippen LogP contribution in [0.4, 0.5) is 13.2 Å². The second-order valence-electron chi connectivity index (χ2n) is 11.5. The van der Waals surface area contributed by atoms with E-state index in [-0.39, 0.29) is 24.8 Å². The smallest absolute Gasteiger partial charge is 0.416 e. The Morgan fingerprint density at radius 3 is 2.59 bits per heavy atom. The average Bonchev–Trinajstić information content (AvgIpc) is 2.97. The molecular formula is C30H38F3N3O4S. The monoisotopic (exact) mass is 593 g/mol. The Hall–Kier alpha value is -2.63. The van der Waals surface area contributed by atoms with Crippen molar-refractivity contribution in [1.29, 1.82) is 0 Å². The summed E-state index contributed by atoms with van der Waals surface area (Å²) in [5.41, 5.74) is 0.991. The molecular weight excluding hydrogens is 555 g/mol. The van der Waals surface area contributed by atoms with Gasteiger partial charge in [-0.25, -0.2) is 8.42 Å². The van der Waals surface area contributed by atoms with Crippen LogP contribution in [-0.4, -0.2) is 62.3 Å². The molecule has 2 atom stereocenters. The summed E-state index contributed by atoms with van der Waals surface area (Å²) in [6.45, 7) is 3.79. The lowest BCUT2D eigenvalue weighted by Crippen LogP contribution is -2.57. The standard InChI is InChI=1S/C30H38F3N3O4S/c1-35(26-12-17-40-27-18-22(10-11-25(26)27)21-36-15-5-2-6-16-36)28(37)20-29(13-3-4-14-34-29)41(38,39)24-9-7-8-23(19-24)30(31,32)33/h7-11,18-19,26,34H,2-6,12-17,20-21H2,1H3/t26-,29+/m1/s1. The fourth-order valence-corrected chi connectivity index (χ4v) is 8.32. The van der Waals surface area contributed by atoms with E-state index in [0.717, 1.165) is 55.1 Å². The largest absolute Gasteiger partial charge is 0.493 e. The zero-order valence-electron chi connectivity index (χ0n) is 23.4. The lowest BCUT2D eigenvalue weighted by atomic mass is 9.95. The predicted octanol–water partition coefficient (Wildman–Crippen LogP) is 5.31. The van der Waals surface area contributed by atoms with Crippen LogP contribution in [0.1, 0.15) is 74.1 Å². The van der Waals surface area contributed by atoms with E-state index in [4.69, 9.17) is 4.74 Å². The Balaban J connectivity index is 1.37. The average molecular weight is 594 g/mol. The number of nitrogens with one attached hydrogen (secondary N) is 1. The molecule has 1 N–H and O–H groups in total. The molecule has 3 aliphatic rings. The summed E-state index contributed by atoms with van der Waals surface area (Å²) in [5, 5.41) is 3.04. The van der Waals surface area contributed by atoms with Gasteiger partial charge in [0.15, 0.2) is 9.84 Å². The zero-order valence-corrected chi connectivity index (χ0v) is 24.2. The molecule has 3 heterocycles. The summed E-state index contributed by atoms with van der Waals surface area (Å²) in [5.74, 6) is 0.350. The molecule has 5 rings (SSSR count). The molecule has 1 amide bonds. The highest BCUT2D eigenvalue weighted by atomic mass is 32.2. The van der Waals surface area contributed by atoms with Crippen LogP contribution in [-0.2, 0) is 27.4 Å². The number of sulfone groups is 1. The molecule has 0 unspecified atom stereocenters. The van der Waals surface area contributed by atoms with E-state index in [1.165, 1.54) is 25.3 Å². The summed E-state index contributed by atoms with van der Waals surface area (Å²) in [7, 11) is -2.67. The number of alkyl halides is 3. The molecule has 3 aliphatic heterocycles. The Morgan fingerprint density at radius 1 is 1.10 bits per heavy atom. The molecule has 41 heavy (non-hydrogen) atoms. The minimum Gasteiger partial charge on any atom is -0.493 e. The van der Waals surface area contributed by atoms with Crippen molar-refractivity contribution in [2.75, 3.05) is 33.3 Å². The van der Waals surface area contributed by atoms with Crippen LogP contribution in [0.3, 0.4) is 0 Å². The van der Waals surface area contributed by atoms with E-state index in [0.29, 0.717) is 32.1 Å². The molecule has 0 aliphatic carbocycles. The third kappa shape index (κ3) is 6.27. The Kier molecular flexibility index (Phi) is 8.69. The molecule has 2 aromatic carbocycles. The first kappa shape index (κ1) is 29.8. The van der Waals surface area contributed by atoms with Crippen LogP contribution >= 0.6 is 0 Å².